The Labute approximate surface area is 129 Å². The summed E-state index contributed by atoms with van der Waals surface area (Å²) in [6, 6.07) is 7.92. The SMILES string of the molecule is CNCc1sc(N(C)c2ccccc2OC)nc1COC. The third kappa shape index (κ3) is 3.53. The zero-order valence-electron chi connectivity index (χ0n) is 12.8. The zero-order valence-corrected chi connectivity index (χ0v) is 13.7. The fourth-order valence-corrected chi connectivity index (χ4v) is 3.12. The predicted molar refractivity (Wildman–Crippen MR) is 86.6 cm³/mol. The largest absolute Gasteiger partial charge is 0.495 e. The van der Waals surface area contributed by atoms with Crippen molar-refractivity contribution in [2.45, 2.75) is 13.2 Å². The fourth-order valence-electron chi connectivity index (χ4n) is 2.07. The van der Waals surface area contributed by atoms with Crippen LogP contribution in [0.15, 0.2) is 24.3 Å². The summed E-state index contributed by atoms with van der Waals surface area (Å²) in [5.41, 5.74) is 1.97. The number of hydrogen-bond acceptors (Lipinski definition) is 6. The van der Waals surface area contributed by atoms with Gasteiger partial charge in [-0.25, -0.2) is 4.98 Å². The molecule has 0 saturated heterocycles. The molecule has 2 aromatic rings. The van der Waals surface area contributed by atoms with E-state index >= 15 is 0 Å². The Morgan fingerprint density at radius 1 is 1.29 bits per heavy atom. The van der Waals surface area contributed by atoms with E-state index in [0.717, 1.165) is 28.8 Å². The van der Waals surface area contributed by atoms with E-state index in [1.165, 1.54) is 4.88 Å². The molecule has 0 aliphatic heterocycles. The van der Waals surface area contributed by atoms with Gasteiger partial charge >= 0.3 is 0 Å². The first-order valence-corrected chi connectivity index (χ1v) is 7.51. The van der Waals surface area contributed by atoms with Gasteiger partial charge in [0.2, 0.25) is 0 Å². The second-order valence-electron chi connectivity index (χ2n) is 4.56. The van der Waals surface area contributed by atoms with Crippen LogP contribution in [0.3, 0.4) is 0 Å². The van der Waals surface area contributed by atoms with Crippen molar-refractivity contribution in [3.8, 4) is 5.75 Å². The first kappa shape index (κ1) is 15.8. The lowest BCUT2D eigenvalue weighted by Crippen LogP contribution is -2.10. The molecule has 0 bridgehead atoms. The maximum absolute atomic E-state index is 5.42. The number of benzene rings is 1. The van der Waals surface area contributed by atoms with E-state index in [9.17, 15) is 0 Å². The van der Waals surface area contributed by atoms with Gasteiger partial charge in [-0.15, -0.1) is 0 Å². The van der Waals surface area contributed by atoms with E-state index in [1.807, 2.05) is 43.3 Å². The van der Waals surface area contributed by atoms with Gasteiger partial charge in [-0.05, 0) is 19.2 Å². The van der Waals surface area contributed by atoms with E-state index < -0.39 is 0 Å². The lowest BCUT2D eigenvalue weighted by Gasteiger charge is -2.18. The topological polar surface area (TPSA) is 46.6 Å². The number of nitrogens with one attached hydrogen (secondary N) is 1. The lowest BCUT2D eigenvalue weighted by atomic mass is 10.3. The van der Waals surface area contributed by atoms with Crippen LogP contribution in [0.25, 0.3) is 0 Å². The van der Waals surface area contributed by atoms with E-state index in [-0.39, 0.29) is 0 Å². The second-order valence-corrected chi connectivity index (χ2v) is 5.62. The number of para-hydroxylation sites is 2. The molecule has 114 valence electrons. The number of ether oxygens (including phenoxy) is 2. The van der Waals surface area contributed by atoms with Gasteiger partial charge in [0, 0.05) is 25.6 Å². The van der Waals surface area contributed by atoms with Crippen LogP contribution in [-0.2, 0) is 17.9 Å². The van der Waals surface area contributed by atoms with Crippen LogP contribution in [0.1, 0.15) is 10.6 Å². The van der Waals surface area contributed by atoms with Gasteiger partial charge in [0.1, 0.15) is 5.75 Å². The average molecular weight is 307 g/mol. The van der Waals surface area contributed by atoms with Gasteiger partial charge in [0.25, 0.3) is 0 Å². The van der Waals surface area contributed by atoms with Gasteiger partial charge in [-0.3, -0.25) is 0 Å². The fraction of sp³-hybridized carbons (Fsp3) is 0.400. The summed E-state index contributed by atoms with van der Waals surface area (Å²) >= 11 is 1.66. The summed E-state index contributed by atoms with van der Waals surface area (Å²) in [4.78, 5) is 7.93. The molecule has 0 radical (unpaired) electrons. The number of rotatable bonds is 7. The Morgan fingerprint density at radius 3 is 2.71 bits per heavy atom. The molecular weight excluding hydrogens is 286 g/mol. The molecule has 0 spiro atoms. The van der Waals surface area contributed by atoms with Crippen LogP contribution < -0.4 is 15.0 Å². The first-order valence-electron chi connectivity index (χ1n) is 6.70. The molecular formula is C15H21N3O2S. The molecule has 5 nitrogen and oxygen atoms in total. The normalized spacial score (nSPS) is 10.7. The standard InChI is InChI=1S/C15H21N3O2S/c1-16-9-14-11(10-19-3)17-15(21-14)18(2)12-7-5-6-8-13(12)20-4/h5-8,16H,9-10H2,1-4H3. The second kappa shape index (κ2) is 7.40. The molecule has 21 heavy (non-hydrogen) atoms. The van der Waals surface area contributed by atoms with Crippen LogP contribution in [0, 0.1) is 0 Å². The summed E-state index contributed by atoms with van der Waals surface area (Å²) in [5.74, 6) is 0.832. The van der Waals surface area contributed by atoms with Crippen molar-refractivity contribution in [1.29, 1.82) is 0 Å². The number of anilines is 2. The van der Waals surface area contributed by atoms with Gasteiger partial charge in [0.15, 0.2) is 5.13 Å². The molecule has 0 unspecified atom stereocenters. The monoisotopic (exact) mass is 307 g/mol. The van der Waals surface area contributed by atoms with E-state index in [1.54, 1.807) is 25.6 Å². The van der Waals surface area contributed by atoms with Crippen molar-refractivity contribution in [2.75, 3.05) is 33.2 Å². The van der Waals surface area contributed by atoms with Gasteiger partial charge in [0.05, 0.1) is 25.1 Å². The molecule has 0 fully saturated rings. The summed E-state index contributed by atoms with van der Waals surface area (Å²) in [7, 11) is 7.29. The van der Waals surface area contributed by atoms with Crippen molar-refractivity contribution in [2.24, 2.45) is 0 Å². The van der Waals surface area contributed by atoms with E-state index in [0.29, 0.717) is 6.61 Å². The molecule has 1 aromatic carbocycles. The molecule has 0 aliphatic carbocycles. The maximum Gasteiger partial charge on any atom is 0.190 e. The molecule has 0 aliphatic rings. The van der Waals surface area contributed by atoms with Crippen LogP contribution in [0.4, 0.5) is 10.8 Å². The van der Waals surface area contributed by atoms with Gasteiger partial charge in [-0.1, -0.05) is 23.5 Å². The number of thiazole rings is 1. The van der Waals surface area contributed by atoms with Gasteiger partial charge < -0.3 is 19.7 Å². The Morgan fingerprint density at radius 2 is 2.05 bits per heavy atom. The van der Waals surface area contributed by atoms with Gasteiger partial charge in [-0.2, -0.15) is 0 Å². The maximum atomic E-state index is 5.42. The summed E-state index contributed by atoms with van der Waals surface area (Å²) in [6.45, 7) is 1.31. The number of aromatic nitrogens is 1. The minimum Gasteiger partial charge on any atom is -0.495 e. The molecule has 1 N–H and O–H groups in total. The average Bonchev–Trinajstić information content (AvgIpc) is 2.90. The highest BCUT2D eigenvalue weighted by Gasteiger charge is 2.16. The summed E-state index contributed by atoms with van der Waals surface area (Å²) in [5, 5.41) is 4.10. The molecule has 2 rings (SSSR count). The molecule has 0 atom stereocenters. The lowest BCUT2D eigenvalue weighted by molar-refractivity contribution is 0.181. The first-order chi connectivity index (χ1) is 10.2. The van der Waals surface area contributed by atoms with Crippen molar-refractivity contribution < 1.29 is 9.47 Å². The van der Waals surface area contributed by atoms with Crippen LogP contribution in [0.5, 0.6) is 5.75 Å². The Balaban J connectivity index is 2.34. The Hall–Kier alpha value is -1.63. The zero-order chi connectivity index (χ0) is 15.2. The third-order valence-electron chi connectivity index (χ3n) is 3.12. The molecule has 0 saturated carbocycles. The predicted octanol–water partition coefficient (Wildman–Crippen LogP) is 2.79. The van der Waals surface area contributed by atoms with Crippen molar-refractivity contribution in [3.05, 3.63) is 34.8 Å². The highest BCUT2D eigenvalue weighted by atomic mass is 32.1. The quantitative estimate of drug-likeness (QED) is 0.852. The van der Waals surface area contributed by atoms with E-state index in [2.05, 4.69) is 5.32 Å². The Kier molecular flexibility index (Phi) is 5.55. The number of methoxy groups -OCH3 is 2. The number of hydrogen-bond donors (Lipinski definition) is 1. The smallest absolute Gasteiger partial charge is 0.190 e. The number of nitrogens with zero attached hydrogens (tertiary/aromatic N) is 2. The van der Waals surface area contributed by atoms with Crippen molar-refractivity contribution in [3.63, 3.8) is 0 Å². The minimum absolute atomic E-state index is 0.521. The van der Waals surface area contributed by atoms with Crippen LogP contribution >= 0.6 is 11.3 Å². The Bertz CT molecular complexity index is 563. The molecule has 1 heterocycles. The summed E-state index contributed by atoms with van der Waals surface area (Å²) < 4.78 is 10.6. The highest BCUT2D eigenvalue weighted by Crippen LogP contribution is 2.35. The van der Waals surface area contributed by atoms with Crippen molar-refractivity contribution >= 4 is 22.2 Å². The van der Waals surface area contributed by atoms with E-state index in [4.69, 9.17) is 14.5 Å². The highest BCUT2D eigenvalue weighted by molar-refractivity contribution is 7.15. The molecule has 6 heteroatoms. The molecule has 1 aromatic heterocycles. The third-order valence-corrected chi connectivity index (χ3v) is 4.29. The van der Waals surface area contributed by atoms with Crippen LogP contribution in [0.2, 0.25) is 0 Å². The van der Waals surface area contributed by atoms with Crippen LogP contribution in [-0.4, -0.2) is 33.3 Å². The summed E-state index contributed by atoms with van der Waals surface area (Å²) in [6.07, 6.45) is 0. The minimum atomic E-state index is 0.521. The van der Waals surface area contributed by atoms with Crippen molar-refractivity contribution in [1.82, 2.24) is 10.3 Å². The molecule has 0 amide bonds.